The van der Waals surface area contributed by atoms with Gasteiger partial charge >= 0.3 is 5.97 Å². The van der Waals surface area contributed by atoms with Crippen molar-refractivity contribution in [2.75, 3.05) is 7.11 Å². The minimum absolute atomic E-state index is 0.125. The number of carbonyl (C=O) groups is 2. The highest BCUT2D eigenvalue weighted by Gasteiger charge is 2.34. The van der Waals surface area contributed by atoms with E-state index in [9.17, 15) is 9.59 Å². The molecule has 0 heterocycles. The van der Waals surface area contributed by atoms with Crippen molar-refractivity contribution >= 4 is 11.9 Å². The van der Waals surface area contributed by atoms with E-state index in [1.165, 1.54) is 7.11 Å². The SMILES string of the molecule is CCC(CC(=O)NC(C)(CC)C(=O)OC)c1ccccc1. The minimum Gasteiger partial charge on any atom is -0.467 e. The molecule has 1 amide bonds. The molecule has 0 aromatic heterocycles. The second-order valence-electron chi connectivity index (χ2n) is 5.45. The number of esters is 1. The largest absolute Gasteiger partial charge is 0.467 e. The fourth-order valence-electron chi connectivity index (χ4n) is 2.31. The second kappa shape index (κ2) is 7.81. The van der Waals surface area contributed by atoms with E-state index in [1.54, 1.807) is 6.92 Å². The molecule has 21 heavy (non-hydrogen) atoms. The zero-order valence-corrected chi connectivity index (χ0v) is 13.3. The van der Waals surface area contributed by atoms with Gasteiger partial charge < -0.3 is 10.1 Å². The predicted molar refractivity (Wildman–Crippen MR) is 82.9 cm³/mol. The first-order valence-corrected chi connectivity index (χ1v) is 7.41. The van der Waals surface area contributed by atoms with Gasteiger partial charge in [0.25, 0.3) is 0 Å². The quantitative estimate of drug-likeness (QED) is 0.786. The average Bonchev–Trinajstić information content (AvgIpc) is 2.52. The van der Waals surface area contributed by atoms with Gasteiger partial charge in [0.2, 0.25) is 5.91 Å². The Kier molecular flexibility index (Phi) is 6.40. The fourth-order valence-corrected chi connectivity index (χ4v) is 2.31. The summed E-state index contributed by atoms with van der Waals surface area (Å²) in [5.41, 5.74) is 0.187. The van der Waals surface area contributed by atoms with Crippen LogP contribution in [0.4, 0.5) is 0 Å². The zero-order valence-electron chi connectivity index (χ0n) is 13.3. The molecule has 0 fully saturated rings. The van der Waals surface area contributed by atoms with Crippen molar-refractivity contribution in [3.63, 3.8) is 0 Å². The van der Waals surface area contributed by atoms with Crippen molar-refractivity contribution in [3.05, 3.63) is 35.9 Å². The van der Waals surface area contributed by atoms with Crippen molar-refractivity contribution in [1.82, 2.24) is 5.32 Å². The summed E-state index contributed by atoms with van der Waals surface area (Å²) in [7, 11) is 1.33. The summed E-state index contributed by atoms with van der Waals surface area (Å²) >= 11 is 0. The highest BCUT2D eigenvalue weighted by atomic mass is 16.5. The predicted octanol–water partition coefficient (Wildman–Crippen LogP) is 3.03. The van der Waals surface area contributed by atoms with E-state index in [0.717, 1.165) is 12.0 Å². The number of ether oxygens (including phenoxy) is 1. The number of hydrogen-bond donors (Lipinski definition) is 1. The van der Waals surface area contributed by atoms with Crippen molar-refractivity contribution in [2.24, 2.45) is 0 Å². The van der Waals surface area contributed by atoms with Gasteiger partial charge in [0.15, 0.2) is 0 Å². The Hall–Kier alpha value is -1.84. The molecule has 1 aromatic rings. The van der Waals surface area contributed by atoms with Gasteiger partial charge in [-0.25, -0.2) is 4.79 Å². The summed E-state index contributed by atoms with van der Waals surface area (Å²) in [5, 5.41) is 2.81. The zero-order chi connectivity index (χ0) is 15.9. The van der Waals surface area contributed by atoms with E-state index in [2.05, 4.69) is 12.2 Å². The van der Waals surface area contributed by atoms with E-state index in [-0.39, 0.29) is 11.8 Å². The molecule has 116 valence electrons. The van der Waals surface area contributed by atoms with Gasteiger partial charge in [-0.1, -0.05) is 44.2 Å². The van der Waals surface area contributed by atoms with Gasteiger partial charge in [0.1, 0.15) is 5.54 Å². The molecule has 2 atom stereocenters. The molecule has 0 spiro atoms. The smallest absolute Gasteiger partial charge is 0.331 e. The third-order valence-corrected chi connectivity index (χ3v) is 3.95. The average molecular weight is 291 g/mol. The topological polar surface area (TPSA) is 55.4 Å². The fraction of sp³-hybridized carbons (Fsp3) is 0.529. The van der Waals surface area contributed by atoms with Crippen LogP contribution in [-0.4, -0.2) is 24.5 Å². The third-order valence-electron chi connectivity index (χ3n) is 3.95. The van der Waals surface area contributed by atoms with E-state index in [4.69, 9.17) is 4.74 Å². The van der Waals surface area contributed by atoms with Crippen LogP contribution in [0.5, 0.6) is 0 Å². The summed E-state index contributed by atoms with van der Waals surface area (Å²) in [5.74, 6) is -0.378. The Morgan fingerprint density at radius 2 is 1.86 bits per heavy atom. The number of amides is 1. The number of benzene rings is 1. The van der Waals surface area contributed by atoms with Crippen molar-refractivity contribution < 1.29 is 14.3 Å². The third kappa shape index (κ3) is 4.59. The van der Waals surface area contributed by atoms with Crippen LogP contribution in [0.3, 0.4) is 0 Å². The monoisotopic (exact) mass is 291 g/mol. The highest BCUT2D eigenvalue weighted by molar-refractivity contribution is 5.87. The van der Waals surface area contributed by atoms with Crippen molar-refractivity contribution in [1.29, 1.82) is 0 Å². The first-order chi connectivity index (χ1) is 9.96. The Bertz CT molecular complexity index is 472. The molecule has 0 aliphatic heterocycles. The van der Waals surface area contributed by atoms with Crippen molar-refractivity contribution in [3.8, 4) is 0 Å². The molecule has 4 heteroatoms. The van der Waals surface area contributed by atoms with Gasteiger partial charge in [-0.05, 0) is 31.2 Å². The lowest BCUT2D eigenvalue weighted by molar-refractivity contribution is -0.150. The number of nitrogens with one attached hydrogen (secondary N) is 1. The Balaban J connectivity index is 2.73. The van der Waals surface area contributed by atoms with Crippen LogP contribution >= 0.6 is 0 Å². The Morgan fingerprint density at radius 1 is 1.24 bits per heavy atom. The number of rotatable bonds is 7. The summed E-state index contributed by atoms with van der Waals surface area (Å²) < 4.78 is 4.77. The number of hydrogen-bond acceptors (Lipinski definition) is 3. The summed E-state index contributed by atoms with van der Waals surface area (Å²) in [6.45, 7) is 5.61. The van der Waals surface area contributed by atoms with Crippen molar-refractivity contribution in [2.45, 2.75) is 51.5 Å². The first-order valence-electron chi connectivity index (χ1n) is 7.41. The normalized spacial score (nSPS) is 14.9. The van der Waals surface area contributed by atoms with E-state index >= 15 is 0 Å². The first kappa shape index (κ1) is 17.2. The molecule has 1 aromatic carbocycles. The van der Waals surface area contributed by atoms with Gasteiger partial charge in [0.05, 0.1) is 7.11 Å². The molecule has 0 saturated carbocycles. The van der Waals surface area contributed by atoms with Gasteiger partial charge in [0, 0.05) is 6.42 Å². The molecule has 1 N–H and O–H groups in total. The molecule has 0 radical (unpaired) electrons. The lowest BCUT2D eigenvalue weighted by Gasteiger charge is -2.27. The maximum atomic E-state index is 12.3. The molecule has 4 nitrogen and oxygen atoms in total. The van der Waals surface area contributed by atoms with Crippen LogP contribution in [0, 0.1) is 0 Å². The highest BCUT2D eigenvalue weighted by Crippen LogP contribution is 2.23. The molecular formula is C17H25NO3. The van der Waals surface area contributed by atoms with Crippen LogP contribution in [0.1, 0.15) is 51.5 Å². The Labute approximate surface area is 126 Å². The Morgan fingerprint density at radius 3 is 2.33 bits per heavy atom. The molecule has 0 aliphatic carbocycles. The number of carbonyl (C=O) groups excluding carboxylic acids is 2. The molecule has 0 bridgehead atoms. The summed E-state index contributed by atoms with van der Waals surface area (Å²) in [6.07, 6.45) is 1.74. The number of methoxy groups -OCH3 is 1. The molecule has 0 saturated heterocycles. The van der Waals surface area contributed by atoms with Crippen LogP contribution in [0.15, 0.2) is 30.3 Å². The van der Waals surface area contributed by atoms with Gasteiger partial charge in [-0.2, -0.15) is 0 Å². The van der Waals surface area contributed by atoms with Crippen LogP contribution in [0.2, 0.25) is 0 Å². The molecule has 2 unspecified atom stereocenters. The maximum Gasteiger partial charge on any atom is 0.331 e. The van der Waals surface area contributed by atoms with Crippen LogP contribution < -0.4 is 5.32 Å². The van der Waals surface area contributed by atoms with Gasteiger partial charge in [-0.3, -0.25) is 4.79 Å². The molecule has 1 rings (SSSR count). The van der Waals surface area contributed by atoms with Crippen LogP contribution in [0.25, 0.3) is 0 Å². The standard InChI is InChI=1S/C17H25NO3/c1-5-13(14-10-8-7-9-11-14)12-15(19)18-17(3,6-2)16(20)21-4/h7-11,13H,5-6,12H2,1-4H3,(H,18,19). The lowest BCUT2D eigenvalue weighted by atomic mass is 9.92. The molecule has 0 aliphatic rings. The summed E-state index contributed by atoms with van der Waals surface area (Å²) in [4.78, 5) is 24.1. The van der Waals surface area contributed by atoms with E-state index in [0.29, 0.717) is 12.8 Å². The van der Waals surface area contributed by atoms with E-state index in [1.807, 2.05) is 37.3 Å². The maximum absolute atomic E-state index is 12.3. The lowest BCUT2D eigenvalue weighted by Crippen LogP contribution is -2.52. The van der Waals surface area contributed by atoms with Gasteiger partial charge in [-0.15, -0.1) is 0 Å². The van der Waals surface area contributed by atoms with Crippen LogP contribution in [-0.2, 0) is 14.3 Å². The second-order valence-corrected chi connectivity index (χ2v) is 5.45. The van der Waals surface area contributed by atoms with E-state index < -0.39 is 11.5 Å². The summed E-state index contributed by atoms with van der Waals surface area (Å²) in [6, 6.07) is 9.96. The minimum atomic E-state index is -0.958. The molecular weight excluding hydrogens is 266 g/mol.